The molecule has 2 N–H and O–H groups in total. The summed E-state index contributed by atoms with van der Waals surface area (Å²) in [5, 5.41) is 12.2. The Balaban J connectivity index is 1.93. The predicted octanol–water partition coefficient (Wildman–Crippen LogP) is 1.67. The van der Waals surface area contributed by atoms with Crippen molar-refractivity contribution in [1.29, 1.82) is 0 Å². The molecule has 2 rings (SSSR count). The van der Waals surface area contributed by atoms with Gasteiger partial charge in [-0.2, -0.15) is 0 Å². The van der Waals surface area contributed by atoms with Crippen LogP contribution in [0.4, 0.5) is 0 Å². The van der Waals surface area contributed by atoms with E-state index in [1.807, 2.05) is 25.1 Å². The number of ether oxygens (including phenoxy) is 2. The van der Waals surface area contributed by atoms with Crippen LogP contribution >= 0.6 is 0 Å². The summed E-state index contributed by atoms with van der Waals surface area (Å²) in [6.45, 7) is 2.53. The molecule has 0 aliphatic heterocycles. The minimum absolute atomic E-state index is 0.0932. The van der Waals surface area contributed by atoms with Crippen molar-refractivity contribution < 1.29 is 19.4 Å². The molecule has 104 valence electrons. The molecule has 1 unspecified atom stereocenters. The molecule has 1 aliphatic rings. The van der Waals surface area contributed by atoms with Crippen LogP contribution in [-0.4, -0.2) is 36.4 Å². The topological polar surface area (TPSA) is 67.8 Å². The second kappa shape index (κ2) is 6.43. The van der Waals surface area contributed by atoms with Crippen LogP contribution < -0.4 is 14.8 Å². The highest BCUT2D eigenvalue weighted by Gasteiger charge is 2.28. The van der Waals surface area contributed by atoms with Crippen molar-refractivity contribution in [2.75, 3.05) is 13.2 Å². The number of carbonyl (C=O) groups is 1. The number of benzene rings is 1. The second-order valence-corrected chi connectivity index (χ2v) is 4.52. The minimum atomic E-state index is -0.888. The van der Waals surface area contributed by atoms with Gasteiger partial charge in [0.15, 0.2) is 11.5 Å². The molecule has 0 heterocycles. The maximum Gasteiger partial charge on any atom is 0.324 e. The van der Waals surface area contributed by atoms with Crippen molar-refractivity contribution in [2.45, 2.75) is 31.8 Å². The Labute approximate surface area is 112 Å². The van der Waals surface area contributed by atoms with Crippen molar-refractivity contribution >= 4 is 5.97 Å². The SMILES string of the molecule is CCOc1ccccc1OCC(NC1CC1)C(=O)O. The Bertz CT molecular complexity index is 431. The first-order chi connectivity index (χ1) is 9.20. The lowest BCUT2D eigenvalue weighted by atomic mass is 10.3. The summed E-state index contributed by atoms with van der Waals surface area (Å²) >= 11 is 0. The van der Waals surface area contributed by atoms with Crippen LogP contribution in [-0.2, 0) is 4.79 Å². The highest BCUT2D eigenvalue weighted by atomic mass is 16.5. The summed E-state index contributed by atoms with van der Waals surface area (Å²) in [5.74, 6) is 0.328. The molecule has 1 fully saturated rings. The Morgan fingerprint density at radius 3 is 2.53 bits per heavy atom. The van der Waals surface area contributed by atoms with Crippen LogP contribution in [0.2, 0.25) is 0 Å². The van der Waals surface area contributed by atoms with E-state index >= 15 is 0 Å². The second-order valence-electron chi connectivity index (χ2n) is 4.52. The molecule has 1 aliphatic carbocycles. The Hall–Kier alpha value is -1.75. The smallest absolute Gasteiger partial charge is 0.324 e. The summed E-state index contributed by atoms with van der Waals surface area (Å²) < 4.78 is 11.0. The maximum absolute atomic E-state index is 11.1. The van der Waals surface area contributed by atoms with Gasteiger partial charge in [-0.3, -0.25) is 10.1 Å². The average Bonchev–Trinajstić information content (AvgIpc) is 3.20. The third-order valence-electron chi connectivity index (χ3n) is 2.87. The lowest BCUT2D eigenvalue weighted by Crippen LogP contribution is -2.42. The molecular weight excluding hydrogens is 246 g/mol. The van der Waals surface area contributed by atoms with E-state index in [4.69, 9.17) is 14.6 Å². The number of hydrogen-bond acceptors (Lipinski definition) is 4. The molecule has 19 heavy (non-hydrogen) atoms. The van der Waals surface area contributed by atoms with Gasteiger partial charge in [-0.05, 0) is 31.9 Å². The number of carboxylic acid groups (broad SMARTS) is 1. The van der Waals surface area contributed by atoms with Gasteiger partial charge in [0, 0.05) is 6.04 Å². The van der Waals surface area contributed by atoms with E-state index < -0.39 is 12.0 Å². The Morgan fingerprint density at radius 1 is 1.37 bits per heavy atom. The van der Waals surface area contributed by atoms with Gasteiger partial charge in [-0.25, -0.2) is 0 Å². The van der Waals surface area contributed by atoms with Crippen molar-refractivity contribution in [3.63, 3.8) is 0 Å². The van der Waals surface area contributed by atoms with Crippen LogP contribution in [0.5, 0.6) is 11.5 Å². The molecule has 5 heteroatoms. The fraction of sp³-hybridized carbons (Fsp3) is 0.500. The largest absolute Gasteiger partial charge is 0.490 e. The fourth-order valence-corrected chi connectivity index (χ4v) is 1.74. The zero-order chi connectivity index (χ0) is 13.7. The van der Waals surface area contributed by atoms with E-state index in [9.17, 15) is 4.79 Å². The van der Waals surface area contributed by atoms with E-state index in [-0.39, 0.29) is 6.61 Å². The van der Waals surface area contributed by atoms with Crippen LogP contribution in [0, 0.1) is 0 Å². The molecular formula is C14H19NO4. The first kappa shape index (κ1) is 13.7. The zero-order valence-corrected chi connectivity index (χ0v) is 11.0. The first-order valence-electron chi connectivity index (χ1n) is 6.54. The average molecular weight is 265 g/mol. The molecule has 0 radical (unpaired) electrons. The van der Waals surface area contributed by atoms with E-state index in [0.29, 0.717) is 24.1 Å². The zero-order valence-electron chi connectivity index (χ0n) is 11.0. The molecule has 0 saturated heterocycles. The van der Waals surface area contributed by atoms with Crippen molar-refractivity contribution in [1.82, 2.24) is 5.32 Å². The van der Waals surface area contributed by atoms with Crippen LogP contribution in [0.1, 0.15) is 19.8 Å². The summed E-state index contributed by atoms with van der Waals surface area (Å²) in [6, 6.07) is 6.93. The number of carboxylic acids is 1. The van der Waals surface area contributed by atoms with Gasteiger partial charge >= 0.3 is 5.97 Å². The monoisotopic (exact) mass is 265 g/mol. The highest BCUT2D eigenvalue weighted by Crippen LogP contribution is 2.26. The van der Waals surface area contributed by atoms with Gasteiger partial charge in [0.25, 0.3) is 0 Å². The normalized spacial score (nSPS) is 15.8. The quantitative estimate of drug-likeness (QED) is 0.748. The first-order valence-corrected chi connectivity index (χ1v) is 6.54. The lowest BCUT2D eigenvalue weighted by molar-refractivity contribution is -0.140. The number of para-hydroxylation sites is 2. The van der Waals surface area contributed by atoms with Gasteiger partial charge in [-0.1, -0.05) is 12.1 Å². The maximum atomic E-state index is 11.1. The molecule has 0 amide bonds. The van der Waals surface area contributed by atoms with Crippen LogP contribution in [0.3, 0.4) is 0 Å². The number of aliphatic carboxylic acids is 1. The number of nitrogens with one attached hydrogen (secondary N) is 1. The van der Waals surface area contributed by atoms with Gasteiger partial charge < -0.3 is 14.6 Å². The van der Waals surface area contributed by atoms with Gasteiger partial charge in [0.2, 0.25) is 0 Å². The minimum Gasteiger partial charge on any atom is -0.490 e. The molecule has 0 bridgehead atoms. The fourth-order valence-electron chi connectivity index (χ4n) is 1.74. The number of hydrogen-bond donors (Lipinski definition) is 2. The summed E-state index contributed by atoms with van der Waals surface area (Å²) in [6.07, 6.45) is 2.08. The standard InChI is InChI=1S/C14H19NO4/c1-2-18-12-5-3-4-6-13(12)19-9-11(14(16)17)15-10-7-8-10/h3-6,10-11,15H,2,7-9H2,1H3,(H,16,17). The van der Waals surface area contributed by atoms with Gasteiger partial charge in [-0.15, -0.1) is 0 Å². The van der Waals surface area contributed by atoms with Crippen LogP contribution in [0.25, 0.3) is 0 Å². The van der Waals surface area contributed by atoms with Crippen molar-refractivity contribution in [2.24, 2.45) is 0 Å². The van der Waals surface area contributed by atoms with Crippen molar-refractivity contribution in [3.05, 3.63) is 24.3 Å². The summed E-state index contributed by atoms with van der Waals surface area (Å²) in [7, 11) is 0. The third kappa shape index (κ3) is 4.13. The van der Waals surface area contributed by atoms with Gasteiger partial charge in [0.1, 0.15) is 12.6 Å². The van der Waals surface area contributed by atoms with E-state index in [1.165, 1.54) is 0 Å². The van der Waals surface area contributed by atoms with E-state index in [0.717, 1.165) is 12.8 Å². The Morgan fingerprint density at radius 2 is 2.00 bits per heavy atom. The Kier molecular flexibility index (Phi) is 4.63. The van der Waals surface area contributed by atoms with Gasteiger partial charge in [0.05, 0.1) is 6.61 Å². The van der Waals surface area contributed by atoms with E-state index in [1.54, 1.807) is 6.07 Å². The molecule has 5 nitrogen and oxygen atoms in total. The predicted molar refractivity (Wildman–Crippen MR) is 70.7 cm³/mol. The third-order valence-corrected chi connectivity index (χ3v) is 2.87. The summed E-state index contributed by atoms with van der Waals surface area (Å²) in [4.78, 5) is 11.1. The van der Waals surface area contributed by atoms with Crippen LogP contribution in [0.15, 0.2) is 24.3 Å². The molecule has 1 atom stereocenters. The molecule has 1 saturated carbocycles. The molecule has 0 spiro atoms. The van der Waals surface area contributed by atoms with E-state index in [2.05, 4.69) is 5.32 Å². The highest BCUT2D eigenvalue weighted by molar-refractivity contribution is 5.73. The molecule has 1 aromatic carbocycles. The van der Waals surface area contributed by atoms with Crippen molar-refractivity contribution in [3.8, 4) is 11.5 Å². The number of rotatable bonds is 8. The molecule has 1 aromatic rings. The lowest BCUT2D eigenvalue weighted by Gasteiger charge is -2.16. The summed E-state index contributed by atoms with van der Waals surface area (Å²) in [5.41, 5.74) is 0. The molecule has 0 aromatic heterocycles.